The maximum absolute atomic E-state index is 10.7. The summed E-state index contributed by atoms with van der Waals surface area (Å²) < 4.78 is 0.724. The largest absolute Gasteiger partial charge is 0.480 e. The predicted molar refractivity (Wildman–Crippen MR) is 66.9 cm³/mol. The van der Waals surface area contributed by atoms with E-state index in [4.69, 9.17) is 10.4 Å². The minimum atomic E-state index is -0.864. The van der Waals surface area contributed by atoms with Crippen LogP contribution in [0.25, 0.3) is 0 Å². The van der Waals surface area contributed by atoms with Crippen LogP contribution in [0.2, 0.25) is 0 Å². The van der Waals surface area contributed by atoms with Gasteiger partial charge in [-0.15, -0.1) is 11.3 Å². The number of thiophene rings is 1. The monoisotopic (exact) mass is 302 g/mol. The number of carbonyl (C=O) groups is 1. The quantitative estimate of drug-likeness (QED) is 0.908. The molecule has 0 spiro atoms. The van der Waals surface area contributed by atoms with Gasteiger partial charge in [0.1, 0.15) is 17.5 Å². The third-order valence-electron chi connectivity index (χ3n) is 1.91. The first-order chi connectivity index (χ1) is 7.58. The summed E-state index contributed by atoms with van der Waals surface area (Å²) in [5, 5.41) is 18.4. The number of hydrogen-bond donors (Lipinski definition) is 1. The predicted octanol–water partition coefficient (Wildman–Crippen LogP) is 2.68. The third kappa shape index (κ3) is 3.22. The summed E-state index contributed by atoms with van der Waals surface area (Å²) in [6, 6.07) is 3.86. The molecule has 4 nitrogen and oxygen atoms in total. The van der Waals surface area contributed by atoms with E-state index in [-0.39, 0.29) is 6.54 Å². The zero-order chi connectivity index (χ0) is 12.1. The Hall–Kier alpha value is -1.06. The maximum atomic E-state index is 10.7. The molecule has 0 amide bonds. The van der Waals surface area contributed by atoms with Crippen molar-refractivity contribution in [2.24, 2.45) is 0 Å². The molecular weight excluding hydrogens is 292 g/mol. The lowest BCUT2D eigenvalue weighted by atomic mass is 10.4. The summed E-state index contributed by atoms with van der Waals surface area (Å²) in [5.74, 6) is -0.864. The average molecular weight is 303 g/mol. The summed E-state index contributed by atoms with van der Waals surface area (Å²) in [4.78, 5) is 13.0. The molecule has 1 aromatic rings. The fourth-order valence-electron chi connectivity index (χ4n) is 1.29. The molecule has 6 heteroatoms. The second-order valence-corrected chi connectivity index (χ2v) is 5.07. The van der Waals surface area contributed by atoms with Crippen LogP contribution < -0.4 is 4.90 Å². The number of nitriles is 1. The number of anilines is 1. The lowest BCUT2D eigenvalue weighted by molar-refractivity contribution is -0.135. The highest BCUT2D eigenvalue weighted by Gasteiger charge is 2.14. The van der Waals surface area contributed by atoms with Crippen molar-refractivity contribution in [2.75, 3.05) is 18.0 Å². The molecule has 1 aromatic heterocycles. The summed E-state index contributed by atoms with van der Waals surface area (Å²) >= 11 is 4.58. The van der Waals surface area contributed by atoms with E-state index in [9.17, 15) is 4.79 Å². The van der Waals surface area contributed by atoms with Gasteiger partial charge in [-0.2, -0.15) is 5.26 Å². The molecule has 0 saturated carbocycles. The van der Waals surface area contributed by atoms with Gasteiger partial charge in [-0.05, 0) is 28.4 Å². The molecule has 16 heavy (non-hydrogen) atoms. The van der Waals surface area contributed by atoms with Crippen LogP contribution >= 0.6 is 27.3 Å². The molecule has 0 aromatic carbocycles. The van der Waals surface area contributed by atoms with Gasteiger partial charge in [0, 0.05) is 11.0 Å². The Labute approximate surface area is 106 Å². The lowest BCUT2D eigenvalue weighted by Crippen LogP contribution is -2.29. The van der Waals surface area contributed by atoms with E-state index in [0.29, 0.717) is 11.4 Å². The highest BCUT2D eigenvalue weighted by molar-refractivity contribution is 9.10. The van der Waals surface area contributed by atoms with Crippen LogP contribution in [0.4, 0.5) is 5.00 Å². The molecule has 0 atom stereocenters. The number of nitrogens with zero attached hydrogens (tertiary/aromatic N) is 2. The Balaban J connectivity index is 2.92. The molecule has 1 N–H and O–H groups in total. The van der Waals surface area contributed by atoms with Gasteiger partial charge in [-0.3, -0.25) is 4.79 Å². The number of hydrogen-bond acceptors (Lipinski definition) is 4. The summed E-state index contributed by atoms with van der Waals surface area (Å²) in [6.07, 6.45) is 0.866. The van der Waals surface area contributed by atoms with Gasteiger partial charge >= 0.3 is 5.97 Å². The molecule has 0 aliphatic carbocycles. The Kier molecular flexibility index (Phi) is 4.77. The van der Waals surface area contributed by atoms with Crippen LogP contribution in [-0.4, -0.2) is 24.2 Å². The number of aliphatic carboxylic acids is 1. The van der Waals surface area contributed by atoms with E-state index in [0.717, 1.165) is 15.9 Å². The molecule has 1 heterocycles. The first-order valence-corrected chi connectivity index (χ1v) is 6.35. The highest BCUT2D eigenvalue weighted by atomic mass is 79.9. The van der Waals surface area contributed by atoms with Crippen LogP contribution in [0.15, 0.2) is 10.5 Å². The Morgan fingerprint density at radius 1 is 1.75 bits per heavy atom. The van der Waals surface area contributed by atoms with E-state index >= 15 is 0 Å². The minimum absolute atomic E-state index is 0.0360. The van der Waals surface area contributed by atoms with Crippen LogP contribution in [0.5, 0.6) is 0 Å². The number of carboxylic acid groups (broad SMARTS) is 1. The van der Waals surface area contributed by atoms with Crippen LogP contribution in [0.1, 0.15) is 18.2 Å². The molecule has 0 aliphatic rings. The summed E-state index contributed by atoms with van der Waals surface area (Å²) in [5.41, 5.74) is 0. The SMILES string of the molecule is CCCN(CC(=O)O)c1cc(Br)c(C#N)s1. The van der Waals surface area contributed by atoms with Crippen molar-refractivity contribution in [1.82, 2.24) is 0 Å². The zero-order valence-electron chi connectivity index (χ0n) is 8.73. The van der Waals surface area contributed by atoms with Gasteiger partial charge in [-0.25, -0.2) is 0 Å². The molecule has 0 fully saturated rings. The average Bonchev–Trinajstić information content (AvgIpc) is 2.58. The van der Waals surface area contributed by atoms with Crippen molar-refractivity contribution in [3.8, 4) is 6.07 Å². The number of halogens is 1. The minimum Gasteiger partial charge on any atom is -0.480 e. The summed E-state index contributed by atoms with van der Waals surface area (Å²) in [6.45, 7) is 2.62. The molecule has 0 radical (unpaired) electrons. The van der Waals surface area contributed by atoms with Gasteiger partial charge in [0.25, 0.3) is 0 Å². The van der Waals surface area contributed by atoms with Crippen molar-refractivity contribution >= 4 is 38.2 Å². The second kappa shape index (κ2) is 5.87. The normalized spacial score (nSPS) is 9.81. The lowest BCUT2D eigenvalue weighted by Gasteiger charge is -2.19. The molecular formula is C10H11BrN2O2S. The first kappa shape index (κ1) is 13.0. The number of rotatable bonds is 5. The van der Waals surface area contributed by atoms with Crippen molar-refractivity contribution in [2.45, 2.75) is 13.3 Å². The van der Waals surface area contributed by atoms with E-state index in [2.05, 4.69) is 22.0 Å². The maximum Gasteiger partial charge on any atom is 0.323 e. The van der Waals surface area contributed by atoms with Gasteiger partial charge in [0.15, 0.2) is 0 Å². The van der Waals surface area contributed by atoms with E-state index in [1.165, 1.54) is 11.3 Å². The standard InChI is InChI=1S/C10H11BrN2O2S/c1-2-3-13(6-10(14)15)9-4-7(11)8(5-12)16-9/h4H,2-3,6H2,1H3,(H,14,15). The van der Waals surface area contributed by atoms with Crippen molar-refractivity contribution < 1.29 is 9.90 Å². The van der Waals surface area contributed by atoms with Gasteiger partial charge in [-0.1, -0.05) is 6.92 Å². The van der Waals surface area contributed by atoms with Gasteiger partial charge in [0.05, 0.1) is 5.00 Å². The summed E-state index contributed by atoms with van der Waals surface area (Å²) in [7, 11) is 0. The van der Waals surface area contributed by atoms with Crippen molar-refractivity contribution in [1.29, 1.82) is 5.26 Å². The second-order valence-electron chi connectivity index (χ2n) is 3.19. The van der Waals surface area contributed by atoms with Gasteiger partial charge < -0.3 is 10.0 Å². The van der Waals surface area contributed by atoms with E-state index in [1.807, 2.05) is 6.92 Å². The topological polar surface area (TPSA) is 64.3 Å². The zero-order valence-corrected chi connectivity index (χ0v) is 11.1. The molecule has 1 rings (SSSR count). The van der Waals surface area contributed by atoms with E-state index in [1.54, 1.807) is 11.0 Å². The smallest absolute Gasteiger partial charge is 0.323 e. The molecule has 0 aliphatic heterocycles. The molecule has 0 saturated heterocycles. The Bertz CT molecular complexity index is 425. The Morgan fingerprint density at radius 3 is 2.88 bits per heavy atom. The highest BCUT2D eigenvalue weighted by Crippen LogP contribution is 2.33. The van der Waals surface area contributed by atoms with Crippen LogP contribution in [-0.2, 0) is 4.79 Å². The molecule has 0 bridgehead atoms. The fraction of sp³-hybridized carbons (Fsp3) is 0.400. The third-order valence-corrected chi connectivity index (χ3v) is 3.89. The van der Waals surface area contributed by atoms with Crippen molar-refractivity contribution in [3.05, 3.63) is 15.4 Å². The Morgan fingerprint density at radius 2 is 2.44 bits per heavy atom. The molecule has 86 valence electrons. The van der Waals surface area contributed by atoms with E-state index < -0.39 is 5.97 Å². The number of carboxylic acids is 1. The first-order valence-electron chi connectivity index (χ1n) is 4.74. The van der Waals surface area contributed by atoms with Crippen LogP contribution in [0, 0.1) is 11.3 Å². The van der Waals surface area contributed by atoms with Crippen LogP contribution in [0.3, 0.4) is 0 Å². The van der Waals surface area contributed by atoms with Gasteiger partial charge in [0.2, 0.25) is 0 Å². The van der Waals surface area contributed by atoms with Crippen molar-refractivity contribution in [3.63, 3.8) is 0 Å². The fourth-order valence-corrected chi connectivity index (χ4v) is 2.86. The molecule has 0 unspecified atom stereocenters.